The van der Waals surface area contributed by atoms with Crippen molar-refractivity contribution in [3.8, 4) is 0 Å². The third kappa shape index (κ3) is 4.81. The van der Waals surface area contributed by atoms with Crippen LogP contribution in [0, 0.1) is 0 Å². The quantitative estimate of drug-likeness (QED) is 0.833. The van der Waals surface area contributed by atoms with Crippen LogP contribution in [0.4, 0.5) is 0 Å². The predicted molar refractivity (Wildman–Crippen MR) is 67.3 cm³/mol. The van der Waals surface area contributed by atoms with E-state index in [1.807, 2.05) is 6.26 Å². The molecule has 1 heterocycles. The minimum absolute atomic E-state index is 0.150. The monoisotopic (exact) mass is 224 g/mol. The van der Waals surface area contributed by atoms with Crippen molar-refractivity contribution < 1.29 is 4.42 Å². The SMILES string of the molecule is CCN(C)Cc1cc(CNC(C)(C)C)co1. The number of nitrogens with zero attached hydrogens (tertiary/aromatic N) is 1. The smallest absolute Gasteiger partial charge is 0.118 e. The molecule has 0 saturated carbocycles. The maximum Gasteiger partial charge on any atom is 0.118 e. The second-order valence-corrected chi connectivity index (χ2v) is 5.36. The standard InChI is InChI=1S/C13H24N2O/c1-6-15(5)9-12-7-11(10-16-12)8-14-13(2,3)4/h7,10,14H,6,8-9H2,1-5H3. The molecule has 1 aromatic rings. The summed E-state index contributed by atoms with van der Waals surface area (Å²) < 4.78 is 5.52. The summed E-state index contributed by atoms with van der Waals surface area (Å²) in [6.07, 6.45) is 1.84. The fraction of sp³-hybridized carbons (Fsp3) is 0.692. The maximum atomic E-state index is 5.52. The number of nitrogens with one attached hydrogen (secondary N) is 1. The van der Waals surface area contributed by atoms with Crippen LogP contribution < -0.4 is 5.32 Å². The zero-order valence-corrected chi connectivity index (χ0v) is 11.1. The van der Waals surface area contributed by atoms with Crippen molar-refractivity contribution in [2.75, 3.05) is 13.6 Å². The van der Waals surface area contributed by atoms with Gasteiger partial charge in [0.05, 0.1) is 12.8 Å². The van der Waals surface area contributed by atoms with Crippen LogP contribution in [0.1, 0.15) is 39.0 Å². The van der Waals surface area contributed by atoms with Crippen LogP contribution in [-0.2, 0) is 13.1 Å². The van der Waals surface area contributed by atoms with Gasteiger partial charge in [-0.1, -0.05) is 6.92 Å². The van der Waals surface area contributed by atoms with Gasteiger partial charge in [0.25, 0.3) is 0 Å². The van der Waals surface area contributed by atoms with Gasteiger partial charge in [0.15, 0.2) is 0 Å². The molecule has 1 aromatic heterocycles. The molecule has 0 atom stereocenters. The van der Waals surface area contributed by atoms with Crippen molar-refractivity contribution in [2.45, 2.75) is 46.3 Å². The van der Waals surface area contributed by atoms with Gasteiger partial charge < -0.3 is 9.73 Å². The Morgan fingerprint density at radius 1 is 1.38 bits per heavy atom. The molecular weight excluding hydrogens is 200 g/mol. The lowest BCUT2D eigenvalue weighted by Gasteiger charge is -2.19. The van der Waals surface area contributed by atoms with Crippen LogP contribution in [-0.4, -0.2) is 24.0 Å². The van der Waals surface area contributed by atoms with E-state index < -0.39 is 0 Å². The molecule has 3 heteroatoms. The van der Waals surface area contributed by atoms with Gasteiger partial charge >= 0.3 is 0 Å². The Morgan fingerprint density at radius 2 is 2.06 bits per heavy atom. The Hall–Kier alpha value is -0.800. The Kier molecular flexibility index (Phi) is 4.56. The van der Waals surface area contributed by atoms with Crippen LogP contribution in [0.5, 0.6) is 0 Å². The minimum atomic E-state index is 0.150. The number of rotatable bonds is 5. The second kappa shape index (κ2) is 5.51. The van der Waals surface area contributed by atoms with Gasteiger partial charge in [0.1, 0.15) is 5.76 Å². The molecule has 16 heavy (non-hydrogen) atoms. The average Bonchev–Trinajstić information content (AvgIpc) is 2.61. The molecular formula is C13H24N2O. The first-order valence-electron chi connectivity index (χ1n) is 5.90. The first-order chi connectivity index (χ1) is 7.40. The van der Waals surface area contributed by atoms with E-state index in [4.69, 9.17) is 4.42 Å². The molecule has 1 rings (SSSR count). The lowest BCUT2D eigenvalue weighted by atomic mass is 10.1. The van der Waals surface area contributed by atoms with Crippen LogP contribution in [0.25, 0.3) is 0 Å². The molecule has 0 radical (unpaired) electrons. The van der Waals surface area contributed by atoms with E-state index in [1.165, 1.54) is 5.56 Å². The molecule has 0 aliphatic heterocycles. The van der Waals surface area contributed by atoms with E-state index in [0.29, 0.717) is 0 Å². The first-order valence-corrected chi connectivity index (χ1v) is 5.90. The van der Waals surface area contributed by atoms with Gasteiger partial charge in [0, 0.05) is 17.6 Å². The summed E-state index contributed by atoms with van der Waals surface area (Å²) in [5, 5.41) is 3.45. The maximum absolute atomic E-state index is 5.52. The molecule has 0 bridgehead atoms. The molecule has 92 valence electrons. The highest BCUT2D eigenvalue weighted by Gasteiger charge is 2.10. The summed E-state index contributed by atoms with van der Waals surface area (Å²) in [6, 6.07) is 2.13. The minimum Gasteiger partial charge on any atom is -0.468 e. The highest BCUT2D eigenvalue weighted by atomic mass is 16.3. The van der Waals surface area contributed by atoms with Crippen LogP contribution in [0.15, 0.2) is 16.7 Å². The van der Waals surface area contributed by atoms with Crippen molar-refractivity contribution in [2.24, 2.45) is 0 Å². The summed E-state index contributed by atoms with van der Waals surface area (Å²) >= 11 is 0. The highest BCUT2D eigenvalue weighted by Crippen LogP contribution is 2.11. The fourth-order valence-electron chi connectivity index (χ4n) is 1.35. The fourth-order valence-corrected chi connectivity index (χ4v) is 1.35. The van der Waals surface area contributed by atoms with Crippen LogP contribution in [0.2, 0.25) is 0 Å². The Labute approximate surface area is 98.8 Å². The molecule has 1 N–H and O–H groups in total. The van der Waals surface area contributed by atoms with Crippen molar-refractivity contribution in [1.29, 1.82) is 0 Å². The number of furan rings is 1. The zero-order valence-electron chi connectivity index (χ0n) is 11.1. The Morgan fingerprint density at radius 3 is 2.62 bits per heavy atom. The number of hydrogen-bond donors (Lipinski definition) is 1. The molecule has 0 saturated heterocycles. The average molecular weight is 224 g/mol. The normalized spacial score (nSPS) is 12.4. The molecule has 0 amide bonds. The zero-order chi connectivity index (χ0) is 12.2. The van der Waals surface area contributed by atoms with Gasteiger partial charge in [-0.05, 0) is 40.4 Å². The molecule has 0 unspecified atom stereocenters. The predicted octanol–water partition coefficient (Wildman–Crippen LogP) is 2.62. The summed E-state index contributed by atoms with van der Waals surface area (Å²) in [7, 11) is 2.09. The van der Waals surface area contributed by atoms with Gasteiger partial charge in [-0.25, -0.2) is 0 Å². The summed E-state index contributed by atoms with van der Waals surface area (Å²) in [5.74, 6) is 1.04. The summed E-state index contributed by atoms with van der Waals surface area (Å²) in [5.41, 5.74) is 1.37. The van der Waals surface area contributed by atoms with E-state index in [2.05, 4.69) is 51.0 Å². The molecule has 0 aliphatic rings. The summed E-state index contributed by atoms with van der Waals surface area (Å²) in [4.78, 5) is 2.22. The molecule has 0 fully saturated rings. The lowest BCUT2D eigenvalue weighted by molar-refractivity contribution is 0.309. The topological polar surface area (TPSA) is 28.4 Å². The van der Waals surface area contributed by atoms with Crippen molar-refractivity contribution >= 4 is 0 Å². The third-order valence-corrected chi connectivity index (χ3v) is 2.50. The second-order valence-electron chi connectivity index (χ2n) is 5.36. The highest BCUT2D eigenvalue weighted by molar-refractivity contribution is 5.12. The van der Waals surface area contributed by atoms with E-state index >= 15 is 0 Å². The van der Waals surface area contributed by atoms with Gasteiger partial charge in [0.2, 0.25) is 0 Å². The van der Waals surface area contributed by atoms with Gasteiger partial charge in [-0.3, -0.25) is 4.90 Å². The largest absolute Gasteiger partial charge is 0.468 e. The van der Waals surface area contributed by atoms with E-state index in [1.54, 1.807) is 0 Å². The Bertz CT molecular complexity index is 312. The van der Waals surface area contributed by atoms with E-state index in [-0.39, 0.29) is 5.54 Å². The number of hydrogen-bond acceptors (Lipinski definition) is 3. The van der Waals surface area contributed by atoms with Gasteiger partial charge in [-0.2, -0.15) is 0 Å². The first kappa shape index (κ1) is 13.3. The van der Waals surface area contributed by atoms with Crippen LogP contribution in [0.3, 0.4) is 0 Å². The Balaban J connectivity index is 2.45. The van der Waals surface area contributed by atoms with Crippen LogP contribution >= 0.6 is 0 Å². The van der Waals surface area contributed by atoms with Crippen molar-refractivity contribution in [3.63, 3.8) is 0 Å². The molecule has 0 spiro atoms. The third-order valence-electron chi connectivity index (χ3n) is 2.50. The van der Waals surface area contributed by atoms with Gasteiger partial charge in [-0.15, -0.1) is 0 Å². The van der Waals surface area contributed by atoms with E-state index in [9.17, 15) is 0 Å². The van der Waals surface area contributed by atoms with Crippen molar-refractivity contribution in [3.05, 3.63) is 23.7 Å². The summed E-state index contributed by atoms with van der Waals surface area (Å²) in [6.45, 7) is 11.4. The van der Waals surface area contributed by atoms with E-state index in [0.717, 1.165) is 25.4 Å². The molecule has 0 aliphatic carbocycles. The van der Waals surface area contributed by atoms with Crippen molar-refractivity contribution in [1.82, 2.24) is 10.2 Å². The molecule has 3 nitrogen and oxygen atoms in total. The molecule has 0 aromatic carbocycles. The lowest BCUT2D eigenvalue weighted by Crippen LogP contribution is -2.34.